The number of nitrogens with zero attached hydrogens (tertiary/aromatic N) is 1. The van der Waals surface area contributed by atoms with Crippen molar-refractivity contribution in [3.05, 3.63) is 30.1 Å². The Morgan fingerprint density at radius 2 is 2.00 bits per heavy atom. The van der Waals surface area contributed by atoms with Crippen LogP contribution in [0.25, 0.3) is 0 Å². The predicted molar refractivity (Wildman–Crippen MR) is 77.3 cm³/mol. The van der Waals surface area contributed by atoms with E-state index in [9.17, 15) is 17.6 Å². The third-order valence-corrected chi connectivity index (χ3v) is 5.66. The van der Waals surface area contributed by atoms with Gasteiger partial charge in [-0.15, -0.1) is 0 Å². The molecule has 1 saturated heterocycles. The summed E-state index contributed by atoms with van der Waals surface area (Å²) >= 11 is 0. The van der Waals surface area contributed by atoms with Crippen LogP contribution >= 0.6 is 0 Å². The Morgan fingerprint density at radius 3 is 2.67 bits per heavy atom. The number of rotatable bonds is 2. The van der Waals surface area contributed by atoms with Crippen molar-refractivity contribution in [1.82, 2.24) is 4.90 Å². The lowest BCUT2D eigenvalue weighted by Crippen LogP contribution is -2.53. The van der Waals surface area contributed by atoms with Crippen molar-refractivity contribution in [1.29, 1.82) is 0 Å². The van der Waals surface area contributed by atoms with Gasteiger partial charge in [0.05, 0.1) is 23.2 Å². The fraction of sp³-hybridized carbons (Fsp3) is 0.500. The molecule has 1 aliphatic carbocycles. The van der Waals surface area contributed by atoms with Crippen LogP contribution in [0.1, 0.15) is 12.8 Å². The first-order valence-corrected chi connectivity index (χ1v) is 8.81. The summed E-state index contributed by atoms with van der Waals surface area (Å²) in [5.74, 6) is -0.256. The van der Waals surface area contributed by atoms with Crippen molar-refractivity contribution in [3.8, 4) is 0 Å². The molecule has 1 atom stereocenters. The second-order valence-corrected chi connectivity index (χ2v) is 7.85. The van der Waals surface area contributed by atoms with Crippen LogP contribution in [0.2, 0.25) is 0 Å². The Hall–Kier alpha value is -1.63. The standard InChI is InChI=1S/C14H17FN2O3S/c15-11-3-1-2-4-12(11)16-14(18)17-7-8-21(19,20)9-13(17)10-5-6-10/h1-4,10,13H,5-9H2,(H,16,18). The SMILES string of the molecule is O=C(Nc1ccccc1F)N1CCS(=O)(=O)CC1C1CC1. The minimum Gasteiger partial charge on any atom is -0.319 e. The van der Waals surface area contributed by atoms with Gasteiger partial charge in [-0.25, -0.2) is 17.6 Å². The summed E-state index contributed by atoms with van der Waals surface area (Å²) in [7, 11) is -3.08. The van der Waals surface area contributed by atoms with Crippen LogP contribution in [0.3, 0.4) is 0 Å². The van der Waals surface area contributed by atoms with Gasteiger partial charge in [0.25, 0.3) is 0 Å². The van der Waals surface area contributed by atoms with Crippen LogP contribution in [0.4, 0.5) is 14.9 Å². The average molecular weight is 312 g/mol. The Morgan fingerprint density at radius 1 is 1.29 bits per heavy atom. The van der Waals surface area contributed by atoms with Gasteiger partial charge in [-0.3, -0.25) is 0 Å². The number of hydrogen-bond donors (Lipinski definition) is 1. The Balaban J connectivity index is 1.75. The first-order valence-electron chi connectivity index (χ1n) is 6.99. The van der Waals surface area contributed by atoms with E-state index < -0.39 is 21.7 Å². The van der Waals surface area contributed by atoms with Crippen LogP contribution < -0.4 is 5.32 Å². The fourth-order valence-electron chi connectivity index (χ4n) is 2.71. The molecule has 5 nitrogen and oxygen atoms in total. The number of benzene rings is 1. The summed E-state index contributed by atoms with van der Waals surface area (Å²) in [5.41, 5.74) is 0.116. The second kappa shape index (κ2) is 5.29. The lowest BCUT2D eigenvalue weighted by molar-refractivity contribution is 0.186. The molecule has 1 aromatic carbocycles. The van der Waals surface area contributed by atoms with Gasteiger partial charge in [-0.1, -0.05) is 12.1 Å². The largest absolute Gasteiger partial charge is 0.322 e. The fourth-order valence-corrected chi connectivity index (χ4v) is 4.32. The van der Waals surface area contributed by atoms with E-state index >= 15 is 0 Å². The van der Waals surface area contributed by atoms with E-state index in [4.69, 9.17) is 0 Å². The number of para-hydroxylation sites is 1. The summed E-state index contributed by atoms with van der Waals surface area (Å²) in [5, 5.41) is 2.54. The molecular weight excluding hydrogens is 295 g/mol. The molecule has 2 amide bonds. The van der Waals surface area contributed by atoms with Crippen LogP contribution in [0, 0.1) is 11.7 Å². The number of nitrogens with one attached hydrogen (secondary N) is 1. The van der Waals surface area contributed by atoms with E-state index in [-0.39, 0.29) is 35.7 Å². The van der Waals surface area contributed by atoms with E-state index in [2.05, 4.69) is 5.32 Å². The molecule has 3 rings (SSSR count). The smallest absolute Gasteiger partial charge is 0.319 e. The van der Waals surface area contributed by atoms with Gasteiger partial charge < -0.3 is 10.2 Å². The quantitative estimate of drug-likeness (QED) is 0.906. The Kier molecular flexibility index (Phi) is 3.61. The molecule has 21 heavy (non-hydrogen) atoms. The third kappa shape index (κ3) is 3.18. The number of hydrogen-bond acceptors (Lipinski definition) is 3. The molecule has 0 radical (unpaired) electrons. The number of carbonyl (C=O) groups is 1. The topological polar surface area (TPSA) is 66.5 Å². The molecule has 1 N–H and O–H groups in total. The predicted octanol–water partition coefficient (Wildman–Crippen LogP) is 1.87. The minimum absolute atomic E-state index is 0.0162. The van der Waals surface area contributed by atoms with Gasteiger partial charge >= 0.3 is 6.03 Å². The number of amides is 2. The van der Waals surface area contributed by atoms with Gasteiger partial charge in [0, 0.05) is 6.54 Å². The van der Waals surface area contributed by atoms with Gasteiger partial charge in [0.1, 0.15) is 5.82 Å². The summed E-state index contributed by atoms with van der Waals surface area (Å²) in [6, 6.07) is 5.24. The van der Waals surface area contributed by atoms with Crippen molar-refractivity contribution in [2.45, 2.75) is 18.9 Å². The first-order chi connectivity index (χ1) is 9.96. The summed E-state index contributed by atoms with van der Waals surface area (Å²) in [6.45, 7) is 0.170. The van der Waals surface area contributed by atoms with Gasteiger partial charge in [0.2, 0.25) is 0 Å². The molecule has 0 bridgehead atoms. The molecule has 114 valence electrons. The number of urea groups is 1. The van der Waals surface area contributed by atoms with Gasteiger partial charge in [-0.2, -0.15) is 0 Å². The van der Waals surface area contributed by atoms with Crippen molar-refractivity contribution in [2.75, 3.05) is 23.4 Å². The molecule has 1 saturated carbocycles. The highest BCUT2D eigenvalue weighted by Gasteiger charge is 2.43. The Bertz CT molecular complexity index is 658. The molecule has 0 spiro atoms. The number of anilines is 1. The zero-order valence-corrected chi connectivity index (χ0v) is 12.3. The lowest BCUT2D eigenvalue weighted by atomic mass is 10.2. The normalized spacial score (nSPS) is 24.6. The van der Waals surface area contributed by atoms with Crippen LogP contribution in [0.15, 0.2) is 24.3 Å². The van der Waals surface area contributed by atoms with E-state index in [1.807, 2.05) is 0 Å². The van der Waals surface area contributed by atoms with Crippen molar-refractivity contribution < 1.29 is 17.6 Å². The third-order valence-electron chi connectivity index (χ3n) is 4.01. The molecule has 0 aromatic heterocycles. The zero-order valence-electron chi connectivity index (χ0n) is 11.5. The van der Waals surface area contributed by atoms with Crippen LogP contribution in [-0.2, 0) is 9.84 Å². The number of sulfone groups is 1. The monoisotopic (exact) mass is 312 g/mol. The van der Waals surface area contributed by atoms with Crippen LogP contribution in [-0.4, -0.2) is 43.4 Å². The maximum atomic E-state index is 13.6. The molecular formula is C14H17FN2O3S. The second-order valence-electron chi connectivity index (χ2n) is 5.62. The summed E-state index contributed by atoms with van der Waals surface area (Å²) in [4.78, 5) is 13.9. The summed E-state index contributed by atoms with van der Waals surface area (Å²) in [6.07, 6.45) is 1.90. The molecule has 1 aliphatic heterocycles. The van der Waals surface area contributed by atoms with Gasteiger partial charge in [-0.05, 0) is 30.9 Å². The first kappa shape index (κ1) is 14.3. The summed E-state index contributed by atoms with van der Waals surface area (Å²) < 4.78 is 37.1. The molecule has 1 unspecified atom stereocenters. The molecule has 2 aliphatic rings. The van der Waals surface area contributed by atoms with E-state index in [0.717, 1.165) is 12.8 Å². The van der Waals surface area contributed by atoms with Crippen molar-refractivity contribution in [3.63, 3.8) is 0 Å². The average Bonchev–Trinajstić information content (AvgIpc) is 3.24. The molecule has 1 heterocycles. The highest BCUT2D eigenvalue weighted by Crippen LogP contribution is 2.37. The van der Waals surface area contributed by atoms with Crippen molar-refractivity contribution in [2.24, 2.45) is 5.92 Å². The minimum atomic E-state index is -3.08. The van der Waals surface area contributed by atoms with E-state index in [1.165, 1.54) is 12.1 Å². The molecule has 7 heteroatoms. The highest BCUT2D eigenvalue weighted by atomic mass is 32.2. The lowest BCUT2D eigenvalue weighted by Gasteiger charge is -2.35. The maximum absolute atomic E-state index is 13.6. The van der Waals surface area contributed by atoms with E-state index in [0.29, 0.717) is 0 Å². The van der Waals surface area contributed by atoms with Crippen LogP contribution in [0.5, 0.6) is 0 Å². The molecule has 1 aromatic rings. The van der Waals surface area contributed by atoms with Gasteiger partial charge in [0.15, 0.2) is 9.84 Å². The van der Waals surface area contributed by atoms with Crippen molar-refractivity contribution >= 4 is 21.6 Å². The van der Waals surface area contributed by atoms with E-state index in [1.54, 1.807) is 17.0 Å². The molecule has 2 fully saturated rings. The highest BCUT2D eigenvalue weighted by molar-refractivity contribution is 7.91. The number of halogens is 1. The Labute approximate surface area is 123 Å². The maximum Gasteiger partial charge on any atom is 0.322 e. The number of carbonyl (C=O) groups excluding carboxylic acids is 1. The zero-order chi connectivity index (χ0) is 15.0.